The number of nitrogens with one attached hydrogen (secondary N) is 1. The Morgan fingerprint density at radius 2 is 1.87 bits per heavy atom. The molecular weight excluding hydrogens is 353 g/mol. The summed E-state index contributed by atoms with van der Waals surface area (Å²) in [5.74, 6) is -0.266. The molecule has 1 aromatic heterocycles. The maximum Gasteiger partial charge on any atom is 0.244 e. The van der Waals surface area contributed by atoms with E-state index in [1.165, 1.54) is 11.3 Å². The van der Waals surface area contributed by atoms with Gasteiger partial charge < -0.3 is 4.57 Å². The average Bonchev–Trinajstić information content (AvgIpc) is 2.86. The second kappa shape index (κ2) is 6.74. The van der Waals surface area contributed by atoms with Gasteiger partial charge in [-0.2, -0.15) is 0 Å². The number of amides is 1. The molecule has 7 heteroatoms. The van der Waals surface area contributed by atoms with Crippen molar-refractivity contribution in [3.8, 4) is 0 Å². The average molecular weight is 366 g/mol. The zero-order valence-corrected chi connectivity index (χ0v) is 14.5. The third-order valence-corrected chi connectivity index (χ3v) is 5.21. The Morgan fingerprint density at radius 3 is 2.57 bits per heavy atom. The third-order valence-electron chi connectivity index (χ3n) is 3.39. The summed E-state index contributed by atoms with van der Waals surface area (Å²) in [6.07, 6.45) is 0.0800. The van der Waals surface area contributed by atoms with Crippen molar-refractivity contribution in [2.75, 3.05) is 0 Å². The highest BCUT2D eigenvalue weighted by Crippen LogP contribution is 2.24. The highest BCUT2D eigenvalue weighted by atomic mass is 35.5. The summed E-state index contributed by atoms with van der Waals surface area (Å²) in [6.45, 7) is 0. The summed E-state index contributed by atoms with van der Waals surface area (Å²) in [6, 6.07) is 13.1. The normalized spacial score (nSPS) is 11.9. The van der Waals surface area contributed by atoms with Crippen LogP contribution in [0.1, 0.15) is 5.56 Å². The molecule has 0 unspecified atom stereocenters. The van der Waals surface area contributed by atoms with Crippen LogP contribution in [0.25, 0.3) is 10.2 Å². The number of aryl methyl sites for hydroxylation is 1. The van der Waals surface area contributed by atoms with Gasteiger partial charge in [-0.1, -0.05) is 52.7 Å². The number of rotatable bonds is 3. The van der Waals surface area contributed by atoms with Crippen molar-refractivity contribution in [2.45, 2.75) is 6.42 Å². The Morgan fingerprint density at radius 1 is 1.17 bits per heavy atom. The Hall–Kier alpha value is -1.82. The van der Waals surface area contributed by atoms with E-state index in [-0.39, 0.29) is 12.3 Å². The fourth-order valence-corrected chi connectivity index (χ4v) is 3.71. The van der Waals surface area contributed by atoms with Gasteiger partial charge in [-0.15, -0.1) is 5.10 Å². The maximum absolute atomic E-state index is 12.1. The molecule has 0 saturated heterocycles. The SMILES string of the molecule is Cn1/c(=N/NC(=O)Cc2c(Cl)cccc2Cl)sc2ccccc21. The molecule has 1 amide bonds. The highest BCUT2D eigenvalue weighted by molar-refractivity contribution is 7.16. The van der Waals surface area contributed by atoms with E-state index in [2.05, 4.69) is 10.5 Å². The van der Waals surface area contributed by atoms with Crippen molar-refractivity contribution in [1.82, 2.24) is 9.99 Å². The van der Waals surface area contributed by atoms with Gasteiger partial charge in [0, 0.05) is 17.1 Å². The number of hydrogen-bond donors (Lipinski definition) is 1. The first-order valence-corrected chi connectivity index (χ1v) is 8.43. The largest absolute Gasteiger partial charge is 0.318 e. The van der Waals surface area contributed by atoms with E-state index < -0.39 is 0 Å². The fourth-order valence-electron chi connectivity index (χ4n) is 2.20. The molecule has 3 aromatic rings. The molecule has 0 saturated carbocycles. The molecule has 0 bridgehead atoms. The molecule has 23 heavy (non-hydrogen) atoms. The van der Waals surface area contributed by atoms with E-state index in [0.717, 1.165) is 10.2 Å². The van der Waals surface area contributed by atoms with Crippen molar-refractivity contribution < 1.29 is 4.79 Å². The lowest BCUT2D eigenvalue weighted by atomic mass is 10.1. The van der Waals surface area contributed by atoms with Gasteiger partial charge >= 0.3 is 0 Å². The van der Waals surface area contributed by atoms with Gasteiger partial charge in [0.1, 0.15) is 0 Å². The van der Waals surface area contributed by atoms with Crippen LogP contribution in [-0.4, -0.2) is 10.5 Å². The number of benzene rings is 2. The van der Waals surface area contributed by atoms with Crippen molar-refractivity contribution in [3.63, 3.8) is 0 Å². The molecule has 0 spiro atoms. The van der Waals surface area contributed by atoms with Crippen LogP contribution in [-0.2, 0) is 18.3 Å². The van der Waals surface area contributed by atoms with Gasteiger partial charge in [-0.05, 0) is 29.8 Å². The zero-order chi connectivity index (χ0) is 16.4. The van der Waals surface area contributed by atoms with E-state index in [1.54, 1.807) is 18.2 Å². The summed E-state index contributed by atoms with van der Waals surface area (Å²) in [5, 5.41) is 5.14. The van der Waals surface area contributed by atoms with Crippen LogP contribution in [0, 0.1) is 0 Å². The first kappa shape index (κ1) is 16.1. The van der Waals surface area contributed by atoms with E-state index in [4.69, 9.17) is 23.2 Å². The lowest BCUT2D eigenvalue weighted by molar-refractivity contribution is -0.120. The van der Waals surface area contributed by atoms with Crippen LogP contribution in [0.4, 0.5) is 0 Å². The van der Waals surface area contributed by atoms with E-state index >= 15 is 0 Å². The predicted octanol–water partition coefficient (Wildman–Crippen LogP) is 3.72. The number of para-hydroxylation sites is 1. The number of thiazole rings is 1. The van der Waals surface area contributed by atoms with Gasteiger partial charge in [0.15, 0.2) is 0 Å². The molecule has 0 aliphatic heterocycles. The van der Waals surface area contributed by atoms with Crippen LogP contribution in [0.15, 0.2) is 47.6 Å². The molecule has 1 N–H and O–H groups in total. The number of hydrogen-bond acceptors (Lipinski definition) is 3. The zero-order valence-electron chi connectivity index (χ0n) is 12.2. The number of halogens is 2. The lowest BCUT2D eigenvalue weighted by Gasteiger charge is -2.05. The minimum Gasteiger partial charge on any atom is -0.318 e. The molecule has 0 aliphatic rings. The molecule has 0 aliphatic carbocycles. The first-order valence-electron chi connectivity index (χ1n) is 6.86. The van der Waals surface area contributed by atoms with Gasteiger partial charge in [0.2, 0.25) is 10.7 Å². The standard InChI is InChI=1S/C16H13Cl2N3OS/c1-21-13-7-2-3-8-14(13)23-16(21)20-19-15(22)9-10-11(17)5-4-6-12(10)18/h2-8H,9H2,1H3,(H,19,22)/b20-16-. The van der Waals surface area contributed by atoms with Gasteiger partial charge in [-0.3, -0.25) is 4.79 Å². The van der Waals surface area contributed by atoms with Crippen LogP contribution in [0.3, 0.4) is 0 Å². The summed E-state index contributed by atoms with van der Waals surface area (Å²) >= 11 is 13.7. The molecular formula is C16H13Cl2N3OS. The summed E-state index contributed by atoms with van der Waals surface area (Å²) in [4.78, 5) is 12.8. The van der Waals surface area contributed by atoms with Crippen molar-refractivity contribution in [2.24, 2.45) is 12.1 Å². The Balaban J connectivity index is 1.81. The molecule has 0 radical (unpaired) electrons. The van der Waals surface area contributed by atoms with Crippen LogP contribution < -0.4 is 10.2 Å². The van der Waals surface area contributed by atoms with Crippen molar-refractivity contribution in [3.05, 3.63) is 62.9 Å². The third kappa shape index (κ3) is 3.42. The van der Waals surface area contributed by atoms with E-state index in [0.29, 0.717) is 20.4 Å². The molecule has 4 nitrogen and oxygen atoms in total. The second-order valence-corrected chi connectivity index (χ2v) is 6.76. The molecule has 0 fully saturated rings. The molecule has 1 heterocycles. The maximum atomic E-state index is 12.1. The summed E-state index contributed by atoms with van der Waals surface area (Å²) in [7, 11) is 1.91. The quantitative estimate of drug-likeness (QED) is 0.706. The smallest absolute Gasteiger partial charge is 0.244 e. The number of nitrogens with zero attached hydrogens (tertiary/aromatic N) is 2. The van der Waals surface area contributed by atoms with Crippen LogP contribution in [0.5, 0.6) is 0 Å². The Labute approximate surface area is 147 Å². The summed E-state index contributed by atoms with van der Waals surface area (Å²) in [5.41, 5.74) is 4.23. The Kier molecular flexibility index (Phi) is 4.71. The van der Waals surface area contributed by atoms with Gasteiger partial charge in [0.25, 0.3) is 0 Å². The second-order valence-electron chi connectivity index (χ2n) is 4.94. The fraction of sp³-hybridized carbons (Fsp3) is 0.125. The minimum atomic E-state index is -0.266. The molecule has 0 atom stereocenters. The molecule has 2 aromatic carbocycles. The number of carbonyl (C=O) groups is 1. The van der Waals surface area contributed by atoms with Crippen LogP contribution >= 0.6 is 34.5 Å². The van der Waals surface area contributed by atoms with Crippen molar-refractivity contribution in [1.29, 1.82) is 0 Å². The van der Waals surface area contributed by atoms with E-state index in [9.17, 15) is 4.79 Å². The lowest BCUT2D eigenvalue weighted by Crippen LogP contribution is -2.24. The van der Waals surface area contributed by atoms with E-state index in [1.807, 2.05) is 35.9 Å². The molecule has 118 valence electrons. The Bertz CT molecular complexity index is 926. The topological polar surface area (TPSA) is 46.4 Å². The highest BCUT2D eigenvalue weighted by Gasteiger charge is 2.10. The summed E-state index contributed by atoms with van der Waals surface area (Å²) < 4.78 is 3.04. The van der Waals surface area contributed by atoms with Crippen LogP contribution in [0.2, 0.25) is 10.0 Å². The predicted molar refractivity (Wildman–Crippen MR) is 94.7 cm³/mol. The monoisotopic (exact) mass is 365 g/mol. The van der Waals surface area contributed by atoms with Gasteiger partial charge in [-0.25, -0.2) is 5.43 Å². The van der Waals surface area contributed by atoms with Crippen molar-refractivity contribution >= 4 is 50.7 Å². The number of fused-ring (bicyclic) bond motifs is 1. The molecule has 3 rings (SSSR count). The first-order chi connectivity index (χ1) is 11.1. The van der Waals surface area contributed by atoms with Gasteiger partial charge in [0.05, 0.1) is 16.6 Å². The number of carbonyl (C=O) groups excluding carboxylic acids is 1. The number of aromatic nitrogens is 1. The minimum absolute atomic E-state index is 0.0800.